The van der Waals surface area contributed by atoms with E-state index in [9.17, 15) is 19.2 Å². The number of carbonyl (C=O) groups excluding carboxylic acids is 4. The maximum Gasteiger partial charge on any atom is 0.303 e. The minimum Gasteiger partial charge on any atom is -0.463 e. The van der Waals surface area contributed by atoms with Gasteiger partial charge in [-0.1, -0.05) is 34.8 Å². The molecule has 1 unspecified atom stereocenters. The van der Waals surface area contributed by atoms with Gasteiger partial charge in [-0.05, 0) is 0 Å². The maximum atomic E-state index is 11.9. The number of halogens is 3. The molecule has 0 aliphatic carbocycles. The van der Waals surface area contributed by atoms with Gasteiger partial charge in [-0.15, -0.1) is 0 Å². The molecule has 1 heterocycles. The number of rotatable bonds is 6. The second kappa shape index (κ2) is 11.0. The second-order valence-electron chi connectivity index (χ2n) is 5.53. The van der Waals surface area contributed by atoms with Gasteiger partial charge in [-0.2, -0.15) is 0 Å². The van der Waals surface area contributed by atoms with E-state index >= 15 is 0 Å². The molecule has 0 aromatic heterocycles. The van der Waals surface area contributed by atoms with Crippen LogP contribution in [0.5, 0.6) is 0 Å². The maximum absolute atomic E-state index is 11.9. The van der Waals surface area contributed by atoms with Crippen molar-refractivity contribution in [2.45, 2.75) is 62.1 Å². The van der Waals surface area contributed by atoms with E-state index in [1.54, 1.807) is 0 Å². The van der Waals surface area contributed by atoms with Crippen LogP contribution >= 0.6 is 34.8 Å². The number of ether oxygens (including phenoxy) is 6. The van der Waals surface area contributed by atoms with E-state index in [0.717, 1.165) is 0 Å². The van der Waals surface area contributed by atoms with Crippen molar-refractivity contribution in [1.82, 2.24) is 0 Å². The number of alkyl halides is 3. The van der Waals surface area contributed by atoms with Gasteiger partial charge >= 0.3 is 23.9 Å². The van der Waals surface area contributed by atoms with Gasteiger partial charge in [0.25, 0.3) is 3.79 Å². The minimum absolute atomic E-state index is 0.706. The van der Waals surface area contributed by atoms with E-state index in [0.29, 0.717) is 0 Å². The normalized spacial score (nSPS) is 27.9. The smallest absolute Gasteiger partial charge is 0.303 e. The monoisotopic (exact) mass is 495 g/mol. The molecule has 1 aliphatic heterocycles. The summed E-state index contributed by atoms with van der Waals surface area (Å²) in [4.78, 5) is 47.1. The highest BCUT2D eigenvalue weighted by Crippen LogP contribution is 2.33. The lowest BCUT2D eigenvalue weighted by molar-refractivity contribution is -0.292. The molecule has 14 heteroatoms. The van der Waals surface area contributed by atoms with Gasteiger partial charge in [-0.3, -0.25) is 24.6 Å². The molecule has 1 N–H and O–H groups in total. The lowest BCUT2D eigenvalue weighted by Crippen LogP contribution is -2.63. The molecule has 1 rings (SSSR count). The molecule has 0 bridgehead atoms. The van der Waals surface area contributed by atoms with Crippen molar-refractivity contribution >= 4 is 64.6 Å². The predicted octanol–water partition coefficient (Wildman–Crippen LogP) is 1.43. The first kappa shape index (κ1) is 20.1. The van der Waals surface area contributed by atoms with Gasteiger partial charge in [0.2, 0.25) is 18.3 Å². The summed E-state index contributed by atoms with van der Waals surface area (Å²) in [7, 11) is 0. The zero-order chi connectivity index (χ0) is 26.1. The summed E-state index contributed by atoms with van der Waals surface area (Å²) in [6, 6.07) is 0. The Morgan fingerprint density at radius 1 is 0.867 bits per heavy atom. The van der Waals surface area contributed by atoms with Crippen LogP contribution in [0.1, 0.15) is 33.1 Å². The predicted molar refractivity (Wildman–Crippen MR) is 101 cm³/mol. The summed E-state index contributed by atoms with van der Waals surface area (Å²) in [6.45, 7) is -4.19. The summed E-state index contributed by atoms with van der Waals surface area (Å²) in [6.07, 6.45) is -8.70. The Labute approximate surface area is 192 Å². The first-order valence-electron chi connectivity index (χ1n) is 10.6. The van der Waals surface area contributed by atoms with Crippen LogP contribution in [-0.2, 0) is 47.6 Å². The lowest BCUT2D eigenvalue weighted by Gasteiger charge is -2.44. The molecule has 1 fully saturated rings. The quantitative estimate of drug-likeness (QED) is 0.188. The standard InChI is InChI=1S/C16H20Cl3NO10/c1-6(21)25-5-10-11(26-7(2)22)12(27-8(3)23)13(28-9(4)24)14(29-10)30-15(20)16(17,18)19/h10-14,20H,5H2,1-4H3/t10-,11-,12+,13+,14?/m1/s1/i1D,2D,3D,4D. The topological polar surface area (TPSA) is 148 Å². The van der Waals surface area contributed by atoms with Crippen LogP contribution < -0.4 is 0 Å². The van der Waals surface area contributed by atoms with Crippen LogP contribution in [0.15, 0.2) is 0 Å². The molecule has 30 heavy (non-hydrogen) atoms. The molecule has 1 saturated heterocycles. The van der Waals surface area contributed by atoms with Crippen LogP contribution in [0.4, 0.5) is 0 Å². The Morgan fingerprint density at radius 2 is 1.37 bits per heavy atom. The summed E-state index contributed by atoms with van der Waals surface area (Å²) in [5.41, 5.74) is 0. The first-order valence-corrected chi connectivity index (χ1v) is 8.90. The van der Waals surface area contributed by atoms with Gasteiger partial charge in [0.1, 0.15) is 12.7 Å². The Kier molecular flexibility index (Phi) is 7.36. The number of hydrogen-bond acceptors (Lipinski definition) is 11. The average Bonchev–Trinajstić information content (AvgIpc) is 2.79. The third-order valence-corrected chi connectivity index (χ3v) is 3.81. The molecule has 0 aromatic carbocycles. The van der Waals surface area contributed by atoms with E-state index in [-0.39, 0.29) is 0 Å². The fraction of sp³-hybridized carbons (Fsp3) is 0.688. The number of hydrogen-bond donors (Lipinski definition) is 1. The van der Waals surface area contributed by atoms with Crippen LogP contribution in [0.2, 0.25) is 0 Å². The molecular weight excluding hydrogens is 473 g/mol. The Balaban J connectivity index is 3.48. The first-order chi connectivity index (χ1) is 15.9. The molecule has 0 amide bonds. The van der Waals surface area contributed by atoms with Crippen LogP contribution in [0.3, 0.4) is 0 Å². The molecular formula is C16H20Cl3NO10. The molecule has 0 radical (unpaired) electrons. The lowest BCUT2D eigenvalue weighted by atomic mass is 9.98. The molecule has 0 aromatic rings. The van der Waals surface area contributed by atoms with Crippen LogP contribution in [-0.4, -0.2) is 70.9 Å². The molecule has 0 spiro atoms. The van der Waals surface area contributed by atoms with Gasteiger partial charge in [0.15, 0.2) is 12.2 Å². The van der Waals surface area contributed by atoms with Crippen LogP contribution in [0.25, 0.3) is 0 Å². The molecule has 1 aliphatic rings. The van der Waals surface area contributed by atoms with Crippen molar-refractivity contribution in [3.63, 3.8) is 0 Å². The number of nitrogens with one attached hydrogen (secondary N) is 1. The number of esters is 4. The Hall–Kier alpha value is -1.82. The SMILES string of the molecule is [2H]CC(=O)OC[C@H]1OC(OC(=N)C(Cl)(Cl)Cl)[C@@H](OC(=O)C[2H])[C@@H](OC(=O)C[2H])[C@@H]1OC(=O)C[2H]. The van der Waals surface area contributed by atoms with Gasteiger partial charge in [-0.25, -0.2) is 0 Å². The van der Waals surface area contributed by atoms with Crippen molar-refractivity contribution < 1.29 is 53.1 Å². The van der Waals surface area contributed by atoms with Crippen molar-refractivity contribution in [2.24, 2.45) is 0 Å². The third kappa shape index (κ3) is 8.13. The molecule has 0 saturated carbocycles. The fourth-order valence-electron chi connectivity index (χ4n) is 2.32. The highest BCUT2D eigenvalue weighted by atomic mass is 35.6. The number of carbonyl (C=O) groups is 4. The largest absolute Gasteiger partial charge is 0.463 e. The second-order valence-corrected chi connectivity index (χ2v) is 7.82. The average molecular weight is 497 g/mol. The van der Waals surface area contributed by atoms with Crippen molar-refractivity contribution in [3.8, 4) is 0 Å². The summed E-state index contributed by atoms with van der Waals surface area (Å²) in [5, 5.41) is 7.76. The zero-order valence-electron chi connectivity index (χ0n) is 19.1. The summed E-state index contributed by atoms with van der Waals surface area (Å²) >= 11 is 16.8. The van der Waals surface area contributed by atoms with Crippen LogP contribution in [0, 0.1) is 5.41 Å². The minimum atomic E-state index is -2.41. The van der Waals surface area contributed by atoms with E-state index in [1.807, 2.05) is 0 Å². The summed E-state index contributed by atoms with van der Waals surface area (Å²) < 4.78 is 56.8. The third-order valence-electron chi connectivity index (χ3n) is 3.29. The van der Waals surface area contributed by atoms with Gasteiger partial charge < -0.3 is 28.4 Å². The highest BCUT2D eigenvalue weighted by molar-refractivity contribution is 6.76. The van der Waals surface area contributed by atoms with Crippen molar-refractivity contribution in [2.75, 3.05) is 6.61 Å². The summed E-state index contributed by atoms with van der Waals surface area (Å²) in [5.74, 6) is -5.54. The zero-order valence-corrected chi connectivity index (χ0v) is 17.4. The van der Waals surface area contributed by atoms with Crippen molar-refractivity contribution in [1.29, 1.82) is 5.41 Å². The Bertz CT molecular complexity index is 772. The highest BCUT2D eigenvalue weighted by Gasteiger charge is 2.54. The van der Waals surface area contributed by atoms with E-state index in [2.05, 4.69) is 0 Å². The van der Waals surface area contributed by atoms with E-state index in [1.165, 1.54) is 0 Å². The molecule has 170 valence electrons. The Morgan fingerprint density at radius 3 is 1.87 bits per heavy atom. The molecule has 5 atom stereocenters. The fourth-order valence-corrected chi connectivity index (χ4v) is 2.46. The van der Waals surface area contributed by atoms with E-state index < -0.39 is 98.5 Å². The molecule has 11 nitrogen and oxygen atoms in total. The van der Waals surface area contributed by atoms with Gasteiger partial charge in [0.05, 0.1) is 0 Å². The van der Waals surface area contributed by atoms with E-state index in [4.69, 9.17) is 74.1 Å². The van der Waals surface area contributed by atoms with Gasteiger partial charge in [0, 0.05) is 33.1 Å². The van der Waals surface area contributed by atoms with Crippen molar-refractivity contribution in [3.05, 3.63) is 0 Å².